The van der Waals surface area contributed by atoms with Gasteiger partial charge in [-0.3, -0.25) is 4.79 Å². The van der Waals surface area contributed by atoms with Gasteiger partial charge in [0.05, 0.1) is 3.92 Å². The zero-order chi connectivity index (χ0) is 7.65. The minimum atomic E-state index is -0.166. The Labute approximate surface area is 70.4 Å². The van der Waals surface area contributed by atoms with Crippen molar-refractivity contribution in [2.75, 3.05) is 0 Å². The average Bonchev–Trinajstić information content (AvgIpc) is 1.62. The molecule has 0 spiro atoms. The van der Waals surface area contributed by atoms with E-state index in [1.54, 1.807) is 0 Å². The lowest BCUT2D eigenvalue weighted by atomic mass is 9.89. The normalized spacial score (nSPS) is 15.2. The van der Waals surface area contributed by atoms with Crippen molar-refractivity contribution in [1.82, 2.24) is 0 Å². The summed E-state index contributed by atoms with van der Waals surface area (Å²) in [5, 5.41) is 0. The number of rotatable bonds is 1. The van der Waals surface area contributed by atoms with Gasteiger partial charge in [0.15, 0.2) is 5.78 Å². The number of hydrogen-bond acceptors (Lipinski definition) is 1. The molecule has 0 amide bonds. The third-order valence-corrected chi connectivity index (χ3v) is 1.67. The van der Waals surface area contributed by atoms with Gasteiger partial charge >= 0.3 is 0 Å². The third-order valence-electron chi connectivity index (χ3n) is 1.10. The van der Waals surface area contributed by atoms with Gasteiger partial charge < -0.3 is 0 Å². The molecule has 0 aromatic rings. The van der Waals surface area contributed by atoms with Crippen molar-refractivity contribution >= 4 is 28.4 Å². The van der Waals surface area contributed by atoms with Gasteiger partial charge in [-0.05, 0) is 6.92 Å². The Morgan fingerprint density at radius 1 is 1.44 bits per heavy atom. The van der Waals surface area contributed by atoms with E-state index in [2.05, 4.69) is 22.6 Å². The highest BCUT2D eigenvalue weighted by Gasteiger charge is 2.24. The van der Waals surface area contributed by atoms with E-state index in [0.29, 0.717) is 5.78 Å². The van der Waals surface area contributed by atoms with Gasteiger partial charge in [-0.1, -0.05) is 43.4 Å². The SMILES string of the molecule is CC(I)C(=O)C(C)(C)C. The van der Waals surface area contributed by atoms with Crippen LogP contribution in [-0.4, -0.2) is 9.71 Å². The van der Waals surface area contributed by atoms with Crippen LogP contribution >= 0.6 is 22.6 Å². The highest BCUT2D eigenvalue weighted by molar-refractivity contribution is 14.1. The molecule has 1 nitrogen and oxygen atoms in total. The molecule has 0 aliphatic rings. The van der Waals surface area contributed by atoms with Gasteiger partial charge in [-0.15, -0.1) is 0 Å². The summed E-state index contributed by atoms with van der Waals surface area (Å²) in [5.74, 6) is 0.322. The maximum Gasteiger partial charge on any atom is 0.150 e. The summed E-state index contributed by atoms with van der Waals surface area (Å²) in [7, 11) is 0. The van der Waals surface area contributed by atoms with Crippen molar-refractivity contribution < 1.29 is 4.79 Å². The molecule has 0 heterocycles. The zero-order valence-electron chi connectivity index (χ0n) is 6.36. The van der Waals surface area contributed by atoms with Gasteiger partial charge in [-0.2, -0.15) is 0 Å². The zero-order valence-corrected chi connectivity index (χ0v) is 8.52. The predicted octanol–water partition coefficient (Wildman–Crippen LogP) is 2.43. The van der Waals surface area contributed by atoms with Crippen LogP contribution in [0.2, 0.25) is 0 Å². The minimum absolute atomic E-state index is 0.141. The summed E-state index contributed by atoms with van der Waals surface area (Å²) < 4.78 is 0.141. The van der Waals surface area contributed by atoms with Gasteiger partial charge in [0.25, 0.3) is 0 Å². The summed E-state index contributed by atoms with van der Waals surface area (Å²) in [6.07, 6.45) is 0. The molecule has 0 bridgehead atoms. The quantitative estimate of drug-likeness (QED) is 0.508. The highest BCUT2D eigenvalue weighted by atomic mass is 127. The molecule has 0 aromatic carbocycles. The Morgan fingerprint density at radius 3 is 1.78 bits per heavy atom. The highest BCUT2D eigenvalue weighted by Crippen LogP contribution is 2.20. The maximum atomic E-state index is 11.2. The first-order valence-electron chi connectivity index (χ1n) is 3.04. The van der Waals surface area contributed by atoms with Crippen LogP contribution in [0.1, 0.15) is 27.7 Å². The Morgan fingerprint density at radius 2 is 1.78 bits per heavy atom. The Kier molecular flexibility index (Phi) is 3.12. The number of Topliss-reactive ketones (excluding diaryl/α,β-unsaturated/α-hetero) is 1. The van der Waals surface area contributed by atoms with E-state index in [0.717, 1.165) is 0 Å². The fourth-order valence-electron chi connectivity index (χ4n) is 0.597. The number of halogens is 1. The summed E-state index contributed by atoms with van der Waals surface area (Å²) in [5.41, 5.74) is -0.166. The van der Waals surface area contributed by atoms with Crippen molar-refractivity contribution in [2.45, 2.75) is 31.6 Å². The van der Waals surface area contributed by atoms with Gasteiger partial charge in [0.1, 0.15) is 0 Å². The minimum Gasteiger partial charge on any atom is -0.298 e. The summed E-state index contributed by atoms with van der Waals surface area (Å²) in [6, 6.07) is 0. The first-order valence-corrected chi connectivity index (χ1v) is 4.28. The average molecular weight is 240 g/mol. The van der Waals surface area contributed by atoms with E-state index in [4.69, 9.17) is 0 Å². The third kappa shape index (κ3) is 3.18. The molecule has 0 saturated heterocycles. The molecule has 0 aliphatic heterocycles. The van der Waals surface area contributed by atoms with E-state index in [1.807, 2.05) is 27.7 Å². The fraction of sp³-hybridized carbons (Fsp3) is 0.857. The lowest BCUT2D eigenvalue weighted by Crippen LogP contribution is -2.26. The Balaban J connectivity index is 4.06. The largest absolute Gasteiger partial charge is 0.298 e. The molecule has 1 atom stereocenters. The Hall–Kier alpha value is 0.400. The second kappa shape index (κ2) is 2.99. The topological polar surface area (TPSA) is 17.1 Å². The van der Waals surface area contributed by atoms with Crippen molar-refractivity contribution in [3.8, 4) is 0 Å². The number of ketones is 1. The second-order valence-corrected chi connectivity index (χ2v) is 5.10. The first-order chi connectivity index (χ1) is 3.85. The van der Waals surface area contributed by atoms with E-state index >= 15 is 0 Å². The molecule has 54 valence electrons. The number of carbonyl (C=O) groups excluding carboxylic acids is 1. The summed E-state index contributed by atoms with van der Waals surface area (Å²) in [4.78, 5) is 11.2. The summed E-state index contributed by atoms with van der Waals surface area (Å²) in [6.45, 7) is 7.77. The molecule has 0 aliphatic carbocycles. The van der Waals surface area contributed by atoms with Gasteiger partial charge in [0, 0.05) is 5.41 Å². The first kappa shape index (κ1) is 9.40. The number of hydrogen-bond donors (Lipinski definition) is 0. The second-order valence-electron chi connectivity index (χ2n) is 3.23. The van der Waals surface area contributed by atoms with Crippen LogP contribution in [0, 0.1) is 5.41 Å². The molecule has 0 saturated carbocycles. The standard InChI is InChI=1S/C7H13IO/c1-5(8)6(9)7(2,3)4/h5H,1-4H3. The van der Waals surface area contributed by atoms with Crippen molar-refractivity contribution in [1.29, 1.82) is 0 Å². The van der Waals surface area contributed by atoms with Crippen LogP contribution in [0.3, 0.4) is 0 Å². The monoisotopic (exact) mass is 240 g/mol. The smallest absolute Gasteiger partial charge is 0.150 e. The van der Waals surface area contributed by atoms with E-state index < -0.39 is 0 Å². The van der Waals surface area contributed by atoms with Crippen molar-refractivity contribution in [3.05, 3.63) is 0 Å². The lowest BCUT2D eigenvalue weighted by Gasteiger charge is -2.17. The molecule has 9 heavy (non-hydrogen) atoms. The van der Waals surface area contributed by atoms with E-state index in [9.17, 15) is 4.79 Å². The lowest BCUT2D eigenvalue weighted by molar-refractivity contribution is -0.125. The molecule has 0 rings (SSSR count). The van der Waals surface area contributed by atoms with Crippen LogP contribution in [0.5, 0.6) is 0 Å². The van der Waals surface area contributed by atoms with Crippen LogP contribution < -0.4 is 0 Å². The van der Waals surface area contributed by atoms with Crippen LogP contribution in [-0.2, 0) is 4.79 Å². The van der Waals surface area contributed by atoms with Crippen LogP contribution in [0.4, 0.5) is 0 Å². The summed E-state index contributed by atoms with van der Waals surface area (Å²) >= 11 is 2.14. The van der Waals surface area contributed by atoms with Gasteiger partial charge in [-0.25, -0.2) is 0 Å². The molecular weight excluding hydrogens is 227 g/mol. The van der Waals surface area contributed by atoms with Crippen LogP contribution in [0.15, 0.2) is 0 Å². The molecule has 0 radical (unpaired) electrons. The fourth-order valence-corrected chi connectivity index (χ4v) is 1.53. The number of carbonyl (C=O) groups is 1. The maximum absolute atomic E-state index is 11.2. The molecular formula is C7H13IO. The van der Waals surface area contributed by atoms with E-state index in [-0.39, 0.29) is 9.34 Å². The Bertz CT molecular complexity index is 111. The van der Waals surface area contributed by atoms with Gasteiger partial charge in [0.2, 0.25) is 0 Å². The molecule has 0 aromatic heterocycles. The molecule has 0 fully saturated rings. The molecule has 0 N–H and O–H groups in total. The van der Waals surface area contributed by atoms with Crippen LogP contribution in [0.25, 0.3) is 0 Å². The predicted molar refractivity (Wildman–Crippen MR) is 47.9 cm³/mol. The molecule has 2 heteroatoms. The molecule has 1 unspecified atom stereocenters. The van der Waals surface area contributed by atoms with E-state index in [1.165, 1.54) is 0 Å². The van der Waals surface area contributed by atoms with Crippen molar-refractivity contribution in [3.63, 3.8) is 0 Å². The van der Waals surface area contributed by atoms with Crippen molar-refractivity contribution in [2.24, 2.45) is 5.41 Å². The number of alkyl halides is 1.